The molecule has 5 aliphatic rings. The average Bonchev–Trinajstić information content (AvgIpc) is 3.97. The summed E-state index contributed by atoms with van der Waals surface area (Å²) >= 11 is 0. The van der Waals surface area contributed by atoms with Crippen molar-refractivity contribution in [1.82, 2.24) is 9.80 Å². The Labute approximate surface area is 349 Å². The molecular weight excluding hydrogens is 705 g/mol. The third-order valence-electron chi connectivity index (χ3n) is 14.0. The van der Waals surface area contributed by atoms with Crippen LogP contribution in [-0.2, 0) is 0 Å². The highest BCUT2D eigenvalue weighted by Crippen LogP contribution is 2.42. The molecule has 5 aliphatic carbocycles. The van der Waals surface area contributed by atoms with Crippen LogP contribution >= 0.6 is 0 Å². The zero-order valence-corrected chi connectivity index (χ0v) is 34.6. The number of benzene rings is 4. The first-order valence-electron chi connectivity index (χ1n) is 22.8. The van der Waals surface area contributed by atoms with Crippen molar-refractivity contribution in [3.63, 3.8) is 0 Å². The molecule has 4 aromatic carbocycles. The highest BCUT2D eigenvalue weighted by Gasteiger charge is 2.39. The summed E-state index contributed by atoms with van der Waals surface area (Å²) in [7, 11) is 0. The van der Waals surface area contributed by atoms with Crippen LogP contribution in [0.2, 0.25) is 0 Å². The summed E-state index contributed by atoms with van der Waals surface area (Å²) in [6.45, 7) is 2.26. The normalized spacial score (nSPS) is 25.5. The first kappa shape index (κ1) is 38.6. The molecule has 4 heteroatoms. The maximum Gasteiger partial charge on any atom is 0.0413 e. The van der Waals surface area contributed by atoms with Crippen molar-refractivity contribution in [3.8, 4) is 0 Å². The highest BCUT2D eigenvalue weighted by molar-refractivity contribution is 5.64. The van der Waals surface area contributed by atoms with Crippen LogP contribution in [0.25, 0.3) is 0 Å². The fraction of sp³-hybridized carbons (Fsp3) is 0.407. The molecule has 4 nitrogen and oxygen atoms in total. The summed E-state index contributed by atoms with van der Waals surface area (Å²) in [4.78, 5) is 11.0. The van der Waals surface area contributed by atoms with E-state index in [-0.39, 0.29) is 0 Å². The minimum atomic E-state index is 0.524. The van der Waals surface area contributed by atoms with Crippen LogP contribution in [0.1, 0.15) is 89.9 Å². The van der Waals surface area contributed by atoms with Gasteiger partial charge in [0.1, 0.15) is 0 Å². The maximum atomic E-state index is 2.95. The lowest BCUT2D eigenvalue weighted by Crippen LogP contribution is -2.47. The van der Waals surface area contributed by atoms with Crippen LogP contribution in [0.5, 0.6) is 0 Å². The molecule has 0 radical (unpaired) electrons. The van der Waals surface area contributed by atoms with Gasteiger partial charge in [0.25, 0.3) is 0 Å². The Morgan fingerprint density at radius 3 is 1.38 bits per heavy atom. The van der Waals surface area contributed by atoms with Gasteiger partial charge in [0, 0.05) is 71.4 Å². The van der Waals surface area contributed by atoms with Crippen molar-refractivity contribution in [2.45, 2.75) is 114 Å². The van der Waals surface area contributed by atoms with Gasteiger partial charge < -0.3 is 19.6 Å². The number of anilines is 4. The molecule has 4 unspecified atom stereocenters. The van der Waals surface area contributed by atoms with Gasteiger partial charge >= 0.3 is 0 Å². The van der Waals surface area contributed by atoms with Crippen molar-refractivity contribution >= 4 is 22.7 Å². The maximum absolute atomic E-state index is 2.95. The van der Waals surface area contributed by atoms with E-state index in [1.165, 1.54) is 131 Å². The second kappa shape index (κ2) is 18.7. The highest BCUT2D eigenvalue weighted by atomic mass is 15.2. The number of nitrogens with zero attached hydrogens (tertiary/aromatic N) is 4. The SMILES string of the molecule is C1=CC(N(CC2CCC(N(c3ccccc3)c3ccccc3)C2)C2CCC(N(C3=CCCC=C3)C3CCC(CN(c4ccccc4)c4ccccc4)C3)CC2)=CCC1. The molecule has 0 aliphatic heterocycles. The fourth-order valence-corrected chi connectivity index (χ4v) is 11.2. The Hall–Kier alpha value is -4.96. The van der Waals surface area contributed by atoms with Gasteiger partial charge in [0.2, 0.25) is 0 Å². The molecule has 300 valence electrons. The van der Waals surface area contributed by atoms with Crippen molar-refractivity contribution < 1.29 is 0 Å². The van der Waals surface area contributed by atoms with Gasteiger partial charge in [0.05, 0.1) is 0 Å². The Kier molecular flexibility index (Phi) is 12.5. The average molecular weight is 769 g/mol. The molecule has 4 aromatic rings. The predicted octanol–water partition coefficient (Wildman–Crippen LogP) is 13.4. The largest absolute Gasteiger partial charge is 0.369 e. The molecule has 0 aromatic heterocycles. The molecular formula is C54H64N4. The topological polar surface area (TPSA) is 13.0 Å². The van der Waals surface area contributed by atoms with Crippen LogP contribution in [0.4, 0.5) is 22.7 Å². The van der Waals surface area contributed by atoms with Gasteiger partial charge in [-0.15, -0.1) is 0 Å². The number of allylic oxidation sites excluding steroid dienone is 6. The van der Waals surface area contributed by atoms with Crippen LogP contribution in [0, 0.1) is 11.8 Å². The van der Waals surface area contributed by atoms with Gasteiger partial charge in [-0.05, 0) is 162 Å². The first-order chi connectivity index (χ1) is 28.8. The molecule has 9 rings (SSSR count). The third kappa shape index (κ3) is 9.02. The summed E-state index contributed by atoms with van der Waals surface area (Å²) in [6.07, 6.45) is 32.4. The van der Waals surface area contributed by atoms with E-state index in [1.54, 1.807) is 0 Å². The Morgan fingerprint density at radius 1 is 0.397 bits per heavy atom. The van der Waals surface area contributed by atoms with E-state index in [2.05, 4.69) is 177 Å². The zero-order chi connectivity index (χ0) is 38.9. The molecule has 0 bridgehead atoms. The van der Waals surface area contributed by atoms with E-state index in [1.807, 2.05) is 0 Å². The molecule has 58 heavy (non-hydrogen) atoms. The van der Waals surface area contributed by atoms with E-state index >= 15 is 0 Å². The van der Waals surface area contributed by atoms with Crippen molar-refractivity contribution in [2.75, 3.05) is 22.9 Å². The van der Waals surface area contributed by atoms with Crippen molar-refractivity contribution in [1.29, 1.82) is 0 Å². The van der Waals surface area contributed by atoms with Crippen molar-refractivity contribution in [3.05, 3.63) is 169 Å². The van der Waals surface area contributed by atoms with Gasteiger partial charge in [0.15, 0.2) is 0 Å². The van der Waals surface area contributed by atoms with E-state index < -0.39 is 0 Å². The number of hydrogen-bond donors (Lipinski definition) is 0. The minimum Gasteiger partial charge on any atom is -0.369 e. The molecule has 0 spiro atoms. The van der Waals surface area contributed by atoms with Crippen molar-refractivity contribution in [2.24, 2.45) is 11.8 Å². The number of hydrogen-bond acceptors (Lipinski definition) is 4. The molecule has 0 N–H and O–H groups in total. The smallest absolute Gasteiger partial charge is 0.0413 e. The van der Waals surface area contributed by atoms with Crippen LogP contribution in [0.3, 0.4) is 0 Å². The predicted molar refractivity (Wildman–Crippen MR) is 245 cm³/mol. The second-order valence-electron chi connectivity index (χ2n) is 17.7. The molecule has 3 fully saturated rings. The van der Waals surface area contributed by atoms with Crippen LogP contribution < -0.4 is 9.80 Å². The quantitative estimate of drug-likeness (QED) is 0.127. The summed E-state index contributed by atoms with van der Waals surface area (Å²) in [5.41, 5.74) is 8.25. The molecule has 0 amide bonds. The third-order valence-corrected chi connectivity index (χ3v) is 14.0. The van der Waals surface area contributed by atoms with Gasteiger partial charge in [-0.1, -0.05) is 97.1 Å². The van der Waals surface area contributed by atoms with E-state index in [9.17, 15) is 0 Å². The van der Waals surface area contributed by atoms with E-state index in [4.69, 9.17) is 0 Å². The Balaban J connectivity index is 0.885. The number of rotatable bonds is 14. The summed E-state index contributed by atoms with van der Waals surface area (Å²) in [6, 6.07) is 46.7. The standard InChI is InChI=1S/C54H64N4/c1-7-19-45(20-8-1)55(46-21-9-2-10-22-46)41-43-32-34-54(40-43)58(51-29-17-6-18-30-51)52-37-35-48(36-38-52)56(47-23-11-3-12-24-47)42-44-31-33-53(39-44)57(49-25-13-4-14-26-49)50-27-15-5-16-28-50/h1-2,4-5,7-11,13-17,19-30,43-44,48,52-54H,3,6,12,18,31-42H2. The molecule has 4 atom stereocenters. The van der Waals surface area contributed by atoms with E-state index in [0.29, 0.717) is 36.0 Å². The fourth-order valence-electron chi connectivity index (χ4n) is 11.2. The number of para-hydroxylation sites is 4. The lowest BCUT2D eigenvalue weighted by Gasteiger charge is -2.46. The molecule has 3 saturated carbocycles. The zero-order valence-electron chi connectivity index (χ0n) is 34.6. The van der Waals surface area contributed by atoms with Crippen LogP contribution in [0.15, 0.2) is 169 Å². The second-order valence-corrected chi connectivity index (χ2v) is 17.7. The molecule has 0 heterocycles. The van der Waals surface area contributed by atoms with E-state index in [0.717, 1.165) is 6.54 Å². The Morgan fingerprint density at radius 2 is 0.845 bits per heavy atom. The monoisotopic (exact) mass is 769 g/mol. The van der Waals surface area contributed by atoms with Gasteiger partial charge in [-0.25, -0.2) is 0 Å². The Bertz CT molecular complexity index is 1920. The summed E-state index contributed by atoms with van der Waals surface area (Å²) in [5, 5.41) is 0. The minimum absolute atomic E-state index is 0.524. The first-order valence-corrected chi connectivity index (χ1v) is 22.8. The van der Waals surface area contributed by atoms with Gasteiger partial charge in [-0.3, -0.25) is 0 Å². The van der Waals surface area contributed by atoms with Gasteiger partial charge in [-0.2, -0.15) is 0 Å². The molecule has 0 saturated heterocycles. The lowest BCUT2D eigenvalue weighted by molar-refractivity contribution is 0.102. The summed E-state index contributed by atoms with van der Waals surface area (Å²) < 4.78 is 0. The lowest BCUT2D eigenvalue weighted by atomic mass is 9.86. The summed E-state index contributed by atoms with van der Waals surface area (Å²) in [5.74, 6) is 1.37. The van der Waals surface area contributed by atoms with Crippen LogP contribution in [-0.4, -0.2) is 47.1 Å².